The highest BCUT2D eigenvalue weighted by Crippen LogP contribution is 2.29. The number of hydrogen-bond donors (Lipinski definition) is 1. The zero-order chi connectivity index (χ0) is 12.6. The van der Waals surface area contributed by atoms with Crippen molar-refractivity contribution in [3.63, 3.8) is 0 Å². The molecule has 92 valence electrons. The molecule has 1 nitrogen and oxygen atoms in total. The summed E-state index contributed by atoms with van der Waals surface area (Å²) < 4.78 is 0. The molecule has 0 fully saturated rings. The number of hydrogen-bond acceptors (Lipinski definition) is 1. The molecule has 0 saturated heterocycles. The predicted octanol–water partition coefficient (Wildman–Crippen LogP) is 4.63. The van der Waals surface area contributed by atoms with Crippen molar-refractivity contribution in [1.82, 2.24) is 0 Å². The molecule has 0 spiro atoms. The van der Waals surface area contributed by atoms with Crippen molar-refractivity contribution in [3.05, 3.63) is 28.8 Å². The van der Waals surface area contributed by atoms with Crippen molar-refractivity contribution in [2.24, 2.45) is 0 Å². The van der Waals surface area contributed by atoms with Crippen LogP contribution in [-0.2, 0) is 12.8 Å². The first-order valence-corrected chi connectivity index (χ1v) is 6.59. The molecule has 0 aromatic heterocycles. The van der Waals surface area contributed by atoms with Gasteiger partial charge in [0.25, 0.3) is 0 Å². The van der Waals surface area contributed by atoms with E-state index in [-0.39, 0.29) is 0 Å². The average molecular weight is 222 g/mol. The molecule has 0 radical (unpaired) electrons. The zero-order valence-electron chi connectivity index (χ0n) is 11.4. The van der Waals surface area contributed by atoms with Crippen molar-refractivity contribution in [1.29, 1.82) is 0 Å². The second kappa shape index (κ2) is 8.20. The smallest absolute Gasteiger partial charge is 0.118 e. The fourth-order valence-electron chi connectivity index (χ4n) is 2.00. The van der Waals surface area contributed by atoms with Gasteiger partial charge in [-0.3, -0.25) is 0 Å². The summed E-state index contributed by atoms with van der Waals surface area (Å²) in [5.41, 5.74) is 3.92. The van der Waals surface area contributed by atoms with E-state index in [1.54, 1.807) is 0 Å². The second-order valence-corrected chi connectivity index (χ2v) is 3.55. The molecule has 0 atom stereocenters. The van der Waals surface area contributed by atoms with E-state index in [9.17, 15) is 5.11 Å². The predicted molar refractivity (Wildman–Crippen MR) is 72.2 cm³/mol. The lowest BCUT2D eigenvalue weighted by Crippen LogP contribution is -2.04. The van der Waals surface area contributed by atoms with Gasteiger partial charge in [-0.2, -0.15) is 0 Å². The van der Waals surface area contributed by atoms with E-state index in [1.165, 1.54) is 30.4 Å². The first kappa shape index (κ1) is 15.0. The van der Waals surface area contributed by atoms with Gasteiger partial charge in [0, 0.05) is 0 Å². The Morgan fingerprint density at radius 2 is 1.50 bits per heavy atom. The van der Waals surface area contributed by atoms with Crippen LogP contribution < -0.4 is 0 Å². The first-order valence-electron chi connectivity index (χ1n) is 6.59. The Hall–Kier alpha value is -0.980. The van der Waals surface area contributed by atoms with Crippen LogP contribution in [0.4, 0.5) is 0 Å². The zero-order valence-corrected chi connectivity index (χ0v) is 11.4. The highest BCUT2D eigenvalue weighted by Gasteiger charge is 2.12. The van der Waals surface area contributed by atoms with Crippen LogP contribution in [0.1, 0.15) is 57.2 Å². The maximum Gasteiger partial charge on any atom is 0.118 e. The highest BCUT2D eigenvalue weighted by atomic mass is 16.3. The van der Waals surface area contributed by atoms with Gasteiger partial charge >= 0.3 is 0 Å². The molecule has 16 heavy (non-hydrogen) atoms. The van der Waals surface area contributed by atoms with Gasteiger partial charge in [-0.05, 0) is 55.4 Å². The lowest BCUT2D eigenvalue weighted by Gasteiger charge is -2.18. The van der Waals surface area contributed by atoms with E-state index in [2.05, 4.69) is 6.07 Å². The SMILES string of the molecule is CC.CC.Cc1c(O)ccc2c1CCCC2. The summed E-state index contributed by atoms with van der Waals surface area (Å²) in [6.07, 6.45) is 4.92. The minimum Gasteiger partial charge on any atom is -0.508 e. The fraction of sp³-hybridized carbons (Fsp3) is 0.600. The Labute approximate surface area is 101 Å². The number of aryl methyl sites for hydroxylation is 1. The molecule has 0 unspecified atom stereocenters. The second-order valence-electron chi connectivity index (χ2n) is 3.55. The number of rotatable bonds is 0. The lowest BCUT2D eigenvalue weighted by atomic mass is 9.88. The summed E-state index contributed by atoms with van der Waals surface area (Å²) in [7, 11) is 0. The maximum atomic E-state index is 9.48. The Kier molecular flexibility index (Phi) is 7.70. The molecule has 0 saturated carbocycles. The molecule has 1 aromatic rings. The highest BCUT2D eigenvalue weighted by molar-refractivity contribution is 5.44. The number of aromatic hydroxyl groups is 1. The summed E-state index contributed by atoms with van der Waals surface area (Å²) in [4.78, 5) is 0. The molecule has 1 aliphatic rings. The van der Waals surface area contributed by atoms with Gasteiger partial charge < -0.3 is 5.11 Å². The molecule has 0 amide bonds. The van der Waals surface area contributed by atoms with Crippen molar-refractivity contribution in [2.75, 3.05) is 0 Å². The molecular formula is C15H26O. The summed E-state index contributed by atoms with van der Waals surface area (Å²) in [6, 6.07) is 3.89. The third kappa shape index (κ3) is 3.55. The monoisotopic (exact) mass is 222 g/mol. The Bertz CT molecular complexity index is 303. The quantitative estimate of drug-likeness (QED) is 0.678. The molecule has 1 aliphatic carbocycles. The average Bonchev–Trinajstić information content (AvgIpc) is 2.39. The minimum absolute atomic E-state index is 0.454. The molecule has 2 rings (SSSR count). The van der Waals surface area contributed by atoms with Crippen LogP contribution in [0.25, 0.3) is 0 Å². The van der Waals surface area contributed by atoms with Gasteiger partial charge in [-0.15, -0.1) is 0 Å². The van der Waals surface area contributed by atoms with Crippen LogP contribution in [0.5, 0.6) is 5.75 Å². The summed E-state index contributed by atoms with van der Waals surface area (Å²) in [6.45, 7) is 10.0. The van der Waals surface area contributed by atoms with Crippen LogP contribution in [0.2, 0.25) is 0 Å². The van der Waals surface area contributed by atoms with Crippen molar-refractivity contribution in [3.8, 4) is 5.75 Å². The molecule has 1 N–H and O–H groups in total. The number of phenolic OH excluding ortho intramolecular Hbond substituents is 1. The third-order valence-corrected chi connectivity index (χ3v) is 2.79. The Morgan fingerprint density at radius 1 is 0.938 bits per heavy atom. The van der Waals surface area contributed by atoms with Crippen molar-refractivity contribution in [2.45, 2.75) is 60.3 Å². The van der Waals surface area contributed by atoms with Gasteiger partial charge in [-0.25, -0.2) is 0 Å². The lowest BCUT2D eigenvalue weighted by molar-refractivity contribution is 0.468. The van der Waals surface area contributed by atoms with E-state index >= 15 is 0 Å². The largest absolute Gasteiger partial charge is 0.508 e. The standard InChI is InChI=1S/C11H14O.2C2H6/c1-8-10-5-3-2-4-9(10)6-7-11(8)12;2*1-2/h6-7,12H,2-5H2,1H3;2*1-2H3. The van der Waals surface area contributed by atoms with Crippen LogP contribution in [0, 0.1) is 6.92 Å². The number of benzene rings is 1. The summed E-state index contributed by atoms with van der Waals surface area (Å²) >= 11 is 0. The molecule has 0 heterocycles. The van der Waals surface area contributed by atoms with Crippen LogP contribution >= 0.6 is 0 Å². The molecular weight excluding hydrogens is 196 g/mol. The summed E-state index contributed by atoms with van der Waals surface area (Å²) in [5.74, 6) is 0.454. The topological polar surface area (TPSA) is 20.2 Å². The summed E-state index contributed by atoms with van der Waals surface area (Å²) in [5, 5.41) is 9.48. The van der Waals surface area contributed by atoms with E-state index in [1.807, 2.05) is 40.7 Å². The maximum absolute atomic E-state index is 9.48. The van der Waals surface area contributed by atoms with E-state index < -0.39 is 0 Å². The molecule has 0 aliphatic heterocycles. The van der Waals surface area contributed by atoms with Gasteiger partial charge in [-0.1, -0.05) is 33.8 Å². The van der Waals surface area contributed by atoms with Crippen LogP contribution in [0.3, 0.4) is 0 Å². The van der Waals surface area contributed by atoms with Crippen molar-refractivity contribution < 1.29 is 5.11 Å². The fourth-order valence-corrected chi connectivity index (χ4v) is 2.00. The number of fused-ring (bicyclic) bond motifs is 1. The van der Waals surface area contributed by atoms with E-state index in [0.717, 1.165) is 12.0 Å². The minimum atomic E-state index is 0.454. The van der Waals surface area contributed by atoms with Gasteiger partial charge in [0.15, 0.2) is 0 Å². The van der Waals surface area contributed by atoms with Gasteiger partial charge in [0.1, 0.15) is 5.75 Å². The molecule has 1 aromatic carbocycles. The Morgan fingerprint density at radius 3 is 2.12 bits per heavy atom. The molecule has 0 bridgehead atoms. The van der Waals surface area contributed by atoms with Gasteiger partial charge in [0.2, 0.25) is 0 Å². The Balaban J connectivity index is 0.000000509. The van der Waals surface area contributed by atoms with Crippen molar-refractivity contribution >= 4 is 0 Å². The molecule has 1 heteroatoms. The van der Waals surface area contributed by atoms with Crippen LogP contribution in [0.15, 0.2) is 12.1 Å². The third-order valence-electron chi connectivity index (χ3n) is 2.79. The van der Waals surface area contributed by atoms with E-state index in [4.69, 9.17) is 0 Å². The van der Waals surface area contributed by atoms with E-state index in [0.29, 0.717) is 5.75 Å². The number of phenols is 1. The normalized spacial score (nSPS) is 12.6. The van der Waals surface area contributed by atoms with Gasteiger partial charge in [0.05, 0.1) is 0 Å². The first-order chi connectivity index (χ1) is 7.79. The van der Waals surface area contributed by atoms with Crippen LogP contribution in [-0.4, -0.2) is 5.11 Å².